The zero-order chi connectivity index (χ0) is 26.0. The second-order valence-electron chi connectivity index (χ2n) is 8.98. The van der Waals surface area contributed by atoms with Gasteiger partial charge in [0.05, 0.1) is 40.3 Å². The van der Waals surface area contributed by atoms with Crippen LogP contribution in [0.2, 0.25) is 5.02 Å². The Hall–Kier alpha value is -4.22. The molecule has 1 saturated carbocycles. The van der Waals surface area contributed by atoms with E-state index in [9.17, 15) is 9.59 Å². The summed E-state index contributed by atoms with van der Waals surface area (Å²) in [5.74, 6) is 6.57. The van der Waals surface area contributed by atoms with E-state index in [1.165, 1.54) is 6.08 Å². The summed E-state index contributed by atoms with van der Waals surface area (Å²) in [7, 11) is 1.55. The van der Waals surface area contributed by atoms with Crippen LogP contribution in [0.25, 0.3) is 11.3 Å². The van der Waals surface area contributed by atoms with E-state index < -0.39 is 5.54 Å². The van der Waals surface area contributed by atoms with Gasteiger partial charge in [0.1, 0.15) is 5.54 Å². The van der Waals surface area contributed by atoms with E-state index >= 15 is 0 Å². The topological polar surface area (TPSA) is 108 Å². The number of halogens is 1. The van der Waals surface area contributed by atoms with E-state index in [0.717, 1.165) is 30.5 Å². The number of nitrogens with one attached hydrogen (secondary N) is 4. The summed E-state index contributed by atoms with van der Waals surface area (Å²) in [6, 6.07) is 7.24. The molecular weight excluding hydrogens is 490 g/mol. The monoisotopic (exact) mass is 515 g/mol. The summed E-state index contributed by atoms with van der Waals surface area (Å²) in [5.41, 5.74) is 4.15. The number of carbonyl (C=O) groups excluding carboxylic acids is 2. The summed E-state index contributed by atoms with van der Waals surface area (Å²) >= 11 is 6.36. The highest BCUT2D eigenvalue weighted by molar-refractivity contribution is 6.32. The Balaban J connectivity index is 1.62. The molecule has 3 aromatic rings. The molecule has 4 N–H and O–H groups in total. The number of amides is 2. The molecule has 9 heteroatoms. The molecule has 0 radical (unpaired) electrons. The predicted octanol–water partition coefficient (Wildman–Crippen LogP) is 4.34. The van der Waals surface area contributed by atoms with E-state index in [0.29, 0.717) is 51.9 Å². The molecule has 1 aliphatic heterocycles. The Kier molecular flexibility index (Phi) is 6.64. The van der Waals surface area contributed by atoms with E-state index in [-0.39, 0.29) is 11.8 Å². The van der Waals surface area contributed by atoms with Gasteiger partial charge in [0.25, 0.3) is 5.91 Å². The SMILES string of the molecule is C=CC(=O)NC1(C#Cc2cnccc2-c2[nH]c3c(c2Nc2cccc(Cl)c2OC)C(=O)NCC3)CCC1. The maximum Gasteiger partial charge on any atom is 0.255 e. The Morgan fingerprint density at radius 3 is 2.89 bits per heavy atom. The molecule has 0 unspecified atom stereocenters. The van der Waals surface area contributed by atoms with Crippen molar-refractivity contribution in [3.8, 4) is 28.8 Å². The van der Waals surface area contributed by atoms with Gasteiger partial charge in [0.15, 0.2) is 5.75 Å². The third-order valence-electron chi connectivity index (χ3n) is 6.68. The molecule has 37 heavy (non-hydrogen) atoms. The van der Waals surface area contributed by atoms with Crippen LogP contribution >= 0.6 is 11.6 Å². The minimum Gasteiger partial charge on any atom is -0.493 e. The van der Waals surface area contributed by atoms with Gasteiger partial charge in [0.2, 0.25) is 5.91 Å². The lowest BCUT2D eigenvalue weighted by Gasteiger charge is -2.37. The van der Waals surface area contributed by atoms with Gasteiger partial charge in [-0.15, -0.1) is 0 Å². The molecule has 1 aliphatic carbocycles. The normalized spacial score (nSPS) is 15.2. The summed E-state index contributed by atoms with van der Waals surface area (Å²) in [4.78, 5) is 32.7. The van der Waals surface area contributed by atoms with Crippen molar-refractivity contribution < 1.29 is 14.3 Å². The van der Waals surface area contributed by atoms with Crippen molar-refractivity contribution in [2.75, 3.05) is 19.0 Å². The van der Waals surface area contributed by atoms with Crippen molar-refractivity contribution in [2.24, 2.45) is 0 Å². The van der Waals surface area contributed by atoms with Gasteiger partial charge in [-0.25, -0.2) is 0 Å². The molecule has 1 aromatic carbocycles. The van der Waals surface area contributed by atoms with Crippen molar-refractivity contribution in [3.63, 3.8) is 0 Å². The molecule has 0 atom stereocenters. The lowest BCUT2D eigenvalue weighted by molar-refractivity contribution is -0.118. The smallest absolute Gasteiger partial charge is 0.255 e. The van der Waals surface area contributed by atoms with Gasteiger partial charge < -0.3 is 25.7 Å². The molecule has 2 amide bonds. The maximum absolute atomic E-state index is 13.0. The van der Waals surface area contributed by atoms with Crippen LogP contribution in [-0.4, -0.2) is 41.0 Å². The Bertz CT molecular complexity index is 1460. The minimum absolute atomic E-state index is 0.172. The number of hydrogen-bond acceptors (Lipinski definition) is 5. The number of methoxy groups -OCH3 is 1. The van der Waals surface area contributed by atoms with Gasteiger partial charge in [-0.1, -0.05) is 36.1 Å². The number of aromatic amines is 1. The molecule has 0 spiro atoms. The average Bonchev–Trinajstić information content (AvgIpc) is 3.25. The van der Waals surface area contributed by atoms with Crippen LogP contribution in [-0.2, 0) is 11.2 Å². The third kappa shape index (κ3) is 4.66. The van der Waals surface area contributed by atoms with Gasteiger partial charge in [-0.05, 0) is 43.5 Å². The predicted molar refractivity (Wildman–Crippen MR) is 143 cm³/mol. The Morgan fingerprint density at radius 2 is 2.16 bits per heavy atom. The van der Waals surface area contributed by atoms with Crippen molar-refractivity contribution in [1.82, 2.24) is 20.6 Å². The zero-order valence-electron chi connectivity index (χ0n) is 20.3. The summed E-state index contributed by atoms with van der Waals surface area (Å²) in [6.45, 7) is 4.09. The van der Waals surface area contributed by atoms with Crippen LogP contribution in [0.15, 0.2) is 49.3 Å². The number of pyridine rings is 1. The van der Waals surface area contributed by atoms with E-state index in [1.807, 2.05) is 18.2 Å². The molecule has 8 nitrogen and oxygen atoms in total. The number of anilines is 2. The van der Waals surface area contributed by atoms with Crippen LogP contribution in [0.5, 0.6) is 5.75 Å². The van der Waals surface area contributed by atoms with Crippen LogP contribution in [0, 0.1) is 11.8 Å². The summed E-state index contributed by atoms with van der Waals surface area (Å²) in [6.07, 6.45) is 7.82. The van der Waals surface area contributed by atoms with Crippen molar-refractivity contribution in [3.05, 3.63) is 71.2 Å². The Labute approximate surface area is 219 Å². The van der Waals surface area contributed by atoms with Gasteiger partial charge in [-0.3, -0.25) is 14.6 Å². The molecule has 0 saturated heterocycles. The van der Waals surface area contributed by atoms with E-state index in [4.69, 9.17) is 16.3 Å². The number of nitrogens with zero attached hydrogens (tertiary/aromatic N) is 1. The van der Waals surface area contributed by atoms with Crippen LogP contribution < -0.4 is 20.7 Å². The number of para-hydroxylation sites is 1. The number of fused-ring (bicyclic) bond motifs is 1. The van der Waals surface area contributed by atoms with Crippen LogP contribution in [0.1, 0.15) is 40.9 Å². The van der Waals surface area contributed by atoms with Crippen LogP contribution in [0.4, 0.5) is 11.4 Å². The third-order valence-corrected chi connectivity index (χ3v) is 6.98. The molecule has 0 bridgehead atoms. The number of hydrogen-bond donors (Lipinski definition) is 4. The first-order valence-corrected chi connectivity index (χ1v) is 12.4. The highest BCUT2D eigenvalue weighted by Crippen LogP contribution is 2.41. The van der Waals surface area contributed by atoms with E-state index in [2.05, 4.69) is 44.3 Å². The second kappa shape index (κ2) is 10.0. The summed E-state index contributed by atoms with van der Waals surface area (Å²) in [5, 5.41) is 9.73. The van der Waals surface area contributed by atoms with Crippen LogP contribution in [0.3, 0.4) is 0 Å². The molecule has 188 valence electrons. The lowest BCUT2D eigenvalue weighted by Crippen LogP contribution is -2.52. The summed E-state index contributed by atoms with van der Waals surface area (Å²) < 4.78 is 5.52. The number of benzene rings is 1. The van der Waals surface area contributed by atoms with Gasteiger partial charge in [-0.2, -0.15) is 0 Å². The number of H-pyrrole nitrogens is 1. The first-order chi connectivity index (χ1) is 17.9. The first-order valence-electron chi connectivity index (χ1n) is 12.0. The van der Waals surface area contributed by atoms with Gasteiger partial charge in [0, 0.05) is 36.6 Å². The van der Waals surface area contributed by atoms with E-state index in [1.54, 1.807) is 25.6 Å². The Morgan fingerprint density at radius 1 is 1.32 bits per heavy atom. The number of carbonyl (C=O) groups is 2. The van der Waals surface area contributed by atoms with Crippen molar-refractivity contribution in [1.29, 1.82) is 0 Å². The minimum atomic E-state index is -0.581. The average molecular weight is 516 g/mol. The molecular formula is C28H26ClN5O3. The van der Waals surface area contributed by atoms with Gasteiger partial charge >= 0.3 is 0 Å². The number of ether oxygens (including phenoxy) is 1. The first kappa shape index (κ1) is 24.5. The van der Waals surface area contributed by atoms with Crippen molar-refractivity contribution >= 4 is 34.8 Å². The number of rotatable bonds is 6. The standard InChI is InChI=1S/C28H26ClN5O3/c1-3-22(35)34-28(11-5-12-28)13-8-17-16-30-14-9-18(17)24-25(23-20(32-24)10-15-31-27(23)36)33-21-7-4-6-19(29)26(21)37-2/h3-4,6-7,9,14,16,32-33H,1,5,10-12,15H2,2H3,(H,31,36)(H,34,35). The quantitative estimate of drug-likeness (QED) is 0.288. The lowest BCUT2D eigenvalue weighted by atomic mass is 9.77. The highest BCUT2D eigenvalue weighted by atomic mass is 35.5. The second-order valence-corrected chi connectivity index (χ2v) is 9.39. The maximum atomic E-state index is 13.0. The number of aromatic nitrogens is 2. The fraction of sp³-hybridized carbons (Fsp3) is 0.250. The fourth-order valence-corrected chi connectivity index (χ4v) is 4.90. The highest BCUT2D eigenvalue weighted by Gasteiger charge is 2.36. The molecule has 2 aliphatic rings. The molecule has 1 fully saturated rings. The molecule has 2 aromatic heterocycles. The molecule has 3 heterocycles. The van der Waals surface area contributed by atoms with Crippen molar-refractivity contribution in [2.45, 2.75) is 31.2 Å². The zero-order valence-corrected chi connectivity index (χ0v) is 21.1. The molecule has 5 rings (SSSR count). The fourth-order valence-electron chi connectivity index (χ4n) is 4.65. The largest absolute Gasteiger partial charge is 0.493 e.